The third-order valence-electron chi connectivity index (χ3n) is 5.61. The highest BCUT2D eigenvalue weighted by Gasteiger charge is 2.30. The molecule has 0 aliphatic carbocycles. The predicted octanol–water partition coefficient (Wildman–Crippen LogP) is 5.99. The molecular weight excluding hydrogens is 503 g/mol. The summed E-state index contributed by atoms with van der Waals surface area (Å²) in [6, 6.07) is 13.0. The number of nitrogens with zero attached hydrogens (tertiary/aromatic N) is 2. The van der Waals surface area contributed by atoms with Gasteiger partial charge in [-0.1, -0.05) is 18.0 Å². The highest BCUT2D eigenvalue weighted by molar-refractivity contribution is 7.92. The number of carbonyl (C=O) groups excluding carboxylic acids is 1. The number of sulfonamides is 1. The molecule has 0 radical (unpaired) electrons. The Bertz CT molecular complexity index is 1330. The average molecular weight is 524 g/mol. The maximum atomic E-state index is 12.8. The molecule has 0 spiro atoms. The van der Waals surface area contributed by atoms with Gasteiger partial charge in [-0.05, 0) is 67.4 Å². The molecule has 1 aliphatic heterocycles. The van der Waals surface area contributed by atoms with Crippen LogP contribution in [0, 0.1) is 0 Å². The lowest BCUT2D eigenvalue weighted by Gasteiger charge is -2.22. The Hall–Kier alpha value is -3.11. The number of anilines is 2. The smallest absolute Gasteiger partial charge is 0.322 e. The van der Waals surface area contributed by atoms with Crippen molar-refractivity contribution < 1.29 is 26.4 Å². The number of nitrogens with one attached hydrogen (secondary N) is 1. The molecule has 2 aromatic carbocycles. The summed E-state index contributed by atoms with van der Waals surface area (Å²) in [5.74, 6) is -0.342. The third-order valence-corrected chi connectivity index (χ3v) is 7.81. The zero-order valence-corrected chi connectivity index (χ0v) is 19.9. The Morgan fingerprint density at radius 1 is 1.00 bits per heavy atom. The number of aromatic nitrogens is 1. The molecule has 0 atom stereocenters. The lowest BCUT2D eigenvalue weighted by molar-refractivity contribution is -0.137. The molecule has 1 amide bonds. The van der Waals surface area contributed by atoms with Gasteiger partial charge in [-0.3, -0.25) is 14.1 Å². The highest BCUT2D eigenvalue weighted by Crippen LogP contribution is 2.33. The Labute approximate surface area is 205 Å². The fourth-order valence-electron chi connectivity index (χ4n) is 3.76. The predicted molar refractivity (Wildman–Crippen MR) is 129 cm³/mol. The molecule has 3 aromatic rings. The van der Waals surface area contributed by atoms with Gasteiger partial charge in [0.1, 0.15) is 0 Å². The van der Waals surface area contributed by atoms with Crippen molar-refractivity contribution in [2.24, 2.45) is 0 Å². The van der Waals surface area contributed by atoms with E-state index in [0.717, 1.165) is 25.1 Å². The monoisotopic (exact) mass is 523 g/mol. The molecule has 184 valence electrons. The Kier molecular flexibility index (Phi) is 7.05. The van der Waals surface area contributed by atoms with Crippen LogP contribution in [0.5, 0.6) is 0 Å². The molecule has 1 aliphatic rings. The minimum absolute atomic E-state index is 0.0991. The summed E-state index contributed by atoms with van der Waals surface area (Å²) in [7, 11) is -3.39. The average Bonchev–Trinajstić information content (AvgIpc) is 3.00. The number of carbonyl (C=O) groups is 1. The van der Waals surface area contributed by atoms with E-state index in [1.165, 1.54) is 22.5 Å². The largest absolute Gasteiger partial charge is 0.417 e. The summed E-state index contributed by atoms with van der Waals surface area (Å²) < 4.78 is 64.8. The molecule has 1 saturated heterocycles. The van der Waals surface area contributed by atoms with Crippen molar-refractivity contribution in [2.45, 2.75) is 25.4 Å². The van der Waals surface area contributed by atoms with E-state index in [4.69, 9.17) is 11.6 Å². The van der Waals surface area contributed by atoms with Crippen LogP contribution in [0.4, 0.5) is 24.5 Å². The van der Waals surface area contributed by atoms with Gasteiger partial charge in [0.2, 0.25) is 10.0 Å². The standard InChI is InChI=1S/C24H21ClF3N3O3S/c25-21-10-7-18(14-20(21)22-11-6-17(15-29-22)24(26,27)28)30-23(32)16-4-8-19(9-5-16)31-12-2-1-3-13-35(31,33)34/h4-11,14-15H,1-3,12-13H2,(H,30,32). The molecule has 0 unspecified atom stereocenters. The molecule has 0 saturated carbocycles. The van der Waals surface area contributed by atoms with Crippen molar-refractivity contribution in [1.29, 1.82) is 0 Å². The normalized spacial score (nSPS) is 15.9. The first-order valence-corrected chi connectivity index (χ1v) is 12.8. The Balaban J connectivity index is 1.51. The quantitative estimate of drug-likeness (QED) is 0.455. The molecule has 0 bridgehead atoms. The Morgan fingerprint density at radius 2 is 1.74 bits per heavy atom. The molecule has 1 N–H and O–H groups in total. The number of alkyl halides is 3. The van der Waals surface area contributed by atoms with E-state index in [0.29, 0.717) is 35.5 Å². The number of hydrogen-bond donors (Lipinski definition) is 1. The minimum atomic E-state index is -4.50. The van der Waals surface area contributed by atoms with Crippen molar-refractivity contribution in [3.63, 3.8) is 0 Å². The summed E-state index contributed by atoms with van der Waals surface area (Å²) in [4.78, 5) is 16.6. The van der Waals surface area contributed by atoms with E-state index in [1.807, 2.05) is 0 Å². The zero-order chi connectivity index (χ0) is 25.2. The minimum Gasteiger partial charge on any atom is -0.322 e. The zero-order valence-electron chi connectivity index (χ0n) is 18.3. The first kappa shape index (κ1) is 25.0. The molecule has 35 heavy (non-hydrogen) atoms. The summed E-state index contributed by atoms with van der Waals surface area (Å²) in [5, 5.41) is 2.98. The number of amides is 1. The second-order valence-electron chi connectivity index (χ2n) is 8.07. The molecule has 4 rings (SSSR count). The van der Waals surface area contributed by atoms with Gasteiger partial charge in [0.25, 0.3) is 5.91 Å². The number of rotatable bonds is 4. The van der Waals surface area contributed by atoms with Crippen LogP contribution in [0.1, 0.15) is 35.2 Å². The third kappa shape index (κ3) is 5.76. The van der Waals surface area contributed by atoms with Crippen LogP contribution < -0.4 is 9.62 Å². The molecule has 1 fully saturated rings. The van der Waals surface area contributed by atoms with Crippen molar-refractivity contribution in [2.75, 3.05) is 21.9 Å². The number of halogens is 4. The topological polar surface area (TPSA) is 79.4 Å². The van der Waals surface area contributed by atoms with Crippen LogP contribution >= 0.6 is 11.6 Å². The molecular formula is C24H21ClF3N3O3S. The molecule has 2 heterocycles. The second kappa shape index (κ2) is 9.87. The van der Waals surface area contributed by atoms with Gasteiger partial charge in [-0.2, -0.15) is 13.2 Å². The van der Waals surface area contributed by atoms with Crippen molar-refractivity contribution in [3.8, 4) is 11.3 Å². The number of pyridine rings is 1. The lowest BCUT2D eigenvalue weighted by Crippen LogP contribution is -2.32. The maximum Gasteiger partial charge on any atom is 0.417 e. The van der Waals surface area contributed by atoms with Gasteiger partial charge in [0, 0.05) is 29.6 Å². The van der Waals surface area contributed by atoms with E-state index in [-0.39, 0.29) is 16.5 Å². The second-order valence-corrected chi connectivity index (χ2v) is 10.5. The Morgan fingerprint density at radius 3 is 2.40 bits per heavy atom. The first-order chi connectivity index (χ1) is 16.5. The van der Waals surface area contributed by atoms with Crippen LogP contribution in [0.2, 0.25) is 5.02 Å². The number of hydrogen-bond acceptors (Lipinski definition) is 4. The van der Waals surface area contributed by atoms with Gasteiger partial charge in [-0.15, -0.1) is 0 Å². The molecule has 1 aromatic heterocycles. The summed E-state index contributed by atoms with van der Waals surface area (Å²) >= 11 is 6.21. The fraction of sp³-hybridized carbons (Fsp3) is 0.250. The molecule has 11 heteroatoms. The van der Waals surface area contributed by atoms with Gasteiger partial charge < -0.3 is 5.32 Å². The van der Waals surface area contributed by atoms with Crippen molar-refractivity contribution in [3.05, 3.63) is 76.9 Å². The highest BCUT2D eigenvalue weighted by atomic mass is 35.5. The van der Waals surface area contributed by atoms with Crippen LogP contribution in [0.25, 0.3) is 11.3 Å². The van der Waals surface area contributed by atoms with Crippen LogP contribution in [-0.4, -0.2) is 31.6 Å². The number of benzene rings is 2. The SMILES string of the molecule is O=C(Nc1ccc(Cl)c(-c2ccc(C(F)(F)F)cn2)c1)c1ccc(N2CCCCCS2(=O)=O)cc1. The van der Waals surface area contributed by atoms with E-state index in [2.05, 4.69) is 10.3 Å². The van der Waals surface area contributed by atoms with Crippen LogP contribution in [0.3, 0.4) is 0 Å². The van der Waals surface area contributed by atoms with E-state index in [9.17, 15) is 26.4 Å². The fourth-order valence-corrected chi connectivity index (χ4v) is 5.61. The first-order valence-electron chi connectivity index (χ1n) is 10.8. The van der Waals surface area contributed by atoms with Crippen molar-refractivity contribution in [1.82, 2.24) is 4.98 Å². The maximum absolute atomic E-state index is 12.8. The summed E-state index contributed by atoms with van der Waals surface area (Å²) in [6.45, 7) is 0.402. The van der Waals surface area contributed by atoms with Crippen LogP contribution in [0.15, 0.2) is 60.8 Å². The van der Waals surface area contributed by atoms with E-state index < -0.39 is 27.7 Å². The van der Waals surface area contributed by atoms with Crippen molar-refractivity contribution >= 4 is 38.9 Å². The van der Waals surface area contributed by atoms with E-state index in [1.54, 1.807) is 30.3 Å². The van der Waals surface area contributed by atoms with Crippen LogP contribution in [-0.2, 0) is 16.2 Å². The van der Waals surface area contributed by atoms with E-state index >= 15 is 0 Å². The lowest BCUT2D eigenvalue weighted by atomic mass is 10.1. The van der Waals surface area contributed by atoms with Gasteiger partial charge in [-0.25, -0.2) is 8.42 Å². The van der Waals surface area contributed by atoms with Gasteiger partial charge in [0.05, 0.1) is 27.7 Å². The summed E-state index contributed by atoms with van der Waals surface area (Å²) in [6.07, 6.45) is -1.53. The van der Waals surface area contributed by atoms with Gasteiger partial charge >= 0.3 is 6.18 Å². The van der Waals surface area contributed by atoms with Gasteiger partial charge in [0.15, 0.2) is 0 Å². The summed E-state index contributed by atoms with van der Waals surface area (Å²) in [5.41, 5.74) is 0.895. The molecule has 6 nitrogen and oxygen atoms in total.